The molecule has 0 aliphatic heterocycles. The number of aliphatic carboxylic acids is 1. The average molecular weight is 223 g/mol. The van der Waals surface area contributed by atoms with E-state index in [1.54, 1.807) is 20.1 Å². The summed E-state index contributed by atoms with van der Waals surface area (Å²) in [4.78, 5) is 10.3. The third-order valence-corrected chi connectivity index (χ3v) is 1.62. The summed E-state index contributed by atoms with van der Waals surface area (Å²) in [5, 5.41) is 8.47. The second kappa shape index (κ2) is 5.32. The largest absolute Gasteiger partial charge is 0.478 e. The summed E-state index contributed by atoms with van der Waals surface area (Å²) in [5.74, 6) is -0.898. The van der Waals surface area contributed by atoms with Crippen molar-refractivity contribution in [3.8, 4) is 0 Å². The van der Waals surface area contributed by atoms with Crippen LogP contribution in [0.25, 0.3) is 0 Å². The molecule has 0 radical (unpaired) electrons. The number of rotatable bonds is 4. The molecule has 0 saturated carbocycles. The second-order valence-corrected chi connectivity index (χ2v) is 3.30. The Labute approximate surface area is 74.2 Å². The molecule has 0 bridgehead atoms. The molecule has 4 heteroatoms. The topological polar surface area (TPSA) is 46.5 Å². The van der Waals surface area contributed by atoms with Crippen LogP contribution in [-0.4, -0.2) is 29.6 Å². The number of carboxylic acids is 1. The van der Waals surface area contributed by atoms with Crippen molar-refractivity contribution >= 4 is 21.9 Å². The van der Waals surface area contributed by atoms with Gasteiger partial charge in [-0.25, -0.2) is 4.79 Å². The Hall–Kier alpha value is -0.350. The van der Waals surface area contributed by atoms with E-state index in [2.05, 4.69) is 15.9 Å². The molecule has 0 rings (SSSR count). The van der Waals surface area contributed by atoms with Crippen LogP contribution >= 0.6 is 15.9 Å². The minimum Gasteiger partial charge on any atom is -0.478 e. The van der Waals surface area contributed by atoms with Gasteiger partial charge < -0.3 is 9.84 Å². The molecule has 11 heavy (non-hydrogen) atoms. The van der Waals surface area contributed by atoms with E-state index in [-0.39, 0.29) is 4.83 Å². The zero-order chi connectivity index (χ0) is 8.85. The Morgan fingerprint density at radius 3 is 2.73 bits per heavy atom. The van der Waals surface area contributed by atoms with E-state index in [0.717, 1.165) is 0 Å². The van der Waals surface area contributed by atoms with Crippen LogP contribution in [0.4, 0.5) is 0 Å². The highest BCUT2D eigenvalue weighted by molar-refractivity contribution is 9.09. The van der Waals surface area contributed by atoms with E-state index in [4.69, 9.17) is 9.84 Å². The first-order valence-electron chi connectivity index (χ1n) is 3.12. The number of ether oxygens (including phenoxy) is 1. The summed E-state index contributed by atoms with van der Waals surface area (Å²) in [7, 11) is 1.57. The average Bonchev–Trinajstić information content (AvgIpc) is 1.87. The summed E-state index contributed by atoms with van der Waals surface area (Å²) < 4.78 is 4.80. The Morgan fingerprint density at radius 2 is 2.36 bits per heavy atom. The molecule has 3 nitrogen and oxygen atoms in total. The molecule has 1 unspecified atom stereocenters. The number of methoxy groups -OCH3 is 1. The molecule has 0 aromatic heterocycles. The number of hydrogen-bond acceptors (Lipinski definition) is 2. The van der Waals surface area contributed by atoms with Gasteiger partial charge in [0, 0.05) is 12.7 Å². The summed E-state index contributed by atoms with van der Waals surface area (Å²) in [5.41, 5.74) is 0.323. The molecule has 0 aromatic carbocycles. The van der Waals surface area contributed by atoms with Crippen LogP contribution in [0, 0.1) is 0 Å². The molecule has 0 aromatic rings. The van der Waals surface area contributed by atoms with E-state index in [9.17, 15) is 4.79 Å². The van der Waals surface area contributed by atoms with Crippen LogP contribution in [0.2, 0.25) is 0 Å². The first kappa shape index (κ1) is 10.7. The van der Waals surface area contributed by atoms with Crippen LogP contribution < -0.4 is 0 Å². The predicted molar refractivity (Wildman–Crippen MR) is 46.0 cm³/mol. The fourth-order valence-electron chi connectivity index (χ4n) is 0.550. The summed E-state index contributed by atoms with van der Waals surface area (Å²) in [6.45, 7) is 2.02. The molecular formula is C7H11BrO3. The summed E-state index contributed by atoms with van der Waals surface area (Å²) >= 11 is 3.24. The molecule has 0 aliphatic carbocycles. The summed E-state index contributed by atoms with van der Waals surface area (Å²) in [6, 6.07) is 0. The molecule has 0 fully saturated rings. The van der Waals surface area contributed by atoms with Crippen molar-refractivity contribution < 1.29 is 14.6 Å². The maximum atomic E-state index is 10.3. The Bertz CT molecular complexity index is 165. The molecule has 0 spiro atoms. The van der Waals surface area contributed by atoms with E-state index < -0.39 is 5.97 Å². The van der Waals surface area contributed by atoms with Crippen LogP contribution in [0.5, 0.6) is 0 Å². The van der Waals surface area contributed by atoms with Crippen LogP contribution in [0.15, 0.2) is 11.6 Å². The van der Waals surface area contributed by atoms with Gasteiger partial charge in [0.1, 0.15) is 0 Å². The second-order valence-electron chi connectivity index (χ2n) is 2.13. The van der Waals surface area contributed by atoms with Crippen molar-refractivity contribution in [2.75, 3.05) is 13.7 Å². The maximum absolute atomic E-state index is 10.3. The number of carboxylic acid groups (broad SMARTS) is 1. The molecule has 0 heterocycles. The zero-order valence-corrected chi connectivity index (χ0v) is 8.09. The normalized spacial score (nSPS) is 14.6. The van der Waals surface area contributed by atoms with Crippen molar-refractivity contribution in [3.63, 3.8) is 0 Å². The van der Waals surface area contributed by atoms with Crippen molar-refractivity contribution in [3.05, 3.63) is 11.6 Å². The van der Waals surface area contributed by atoms with Crippen LogP contribution in [-0.2, 0) is 9.53 Å². The Kier molecular flexibility index (Phi) is 5.15. The number of alkyl halides is 1. The number of hydrogen-bond donors (Lipinski definition) is 1. The van der Waals surface area contributed by atoms with Crippen LogP contribution in [0.3, 0.4) is 0 Å². The zero-order valence-electron chi connectivity index (χ0n) is 6.50. The molecular weight excluding hydrogens is 212 g/mol. The molecule has 0 saturated heterocycles. The van der Waals surface area contributed by atoms with Gasteiger partial charge in [-0.2, -0.15) is 0 Å². The smallest absolute Gasteiger partial charge is 0.330 e. The van der Waals surface area contributed by atoms with Gasteiger partial charge in [-0.15, -0.1) is 0 Å². The lowest BCUT2D eigenvalue weighted by atomic mass is 10.2. The minimum atomic E-state index is -0.898. The van der Waals surface area contributed by atoms with Gasteiger partial charge in [-0.05, 0) is 6.92 Å². The van der Waals surface area contributed by atoms with E-state index in [1.165, 1.54) is 0 Å². The monoisotopic (exact) mass is 222 g/mol. The van der Waals surface area contributed by atoms with Gasteiger partial charge in [0.2, 0.25) is 0 Å². The SMILES string of the molecule is COCC(Br)C=C(C)C(=O)O. The Balaban J connectivity index is 3.96. The quantitative estimate of drug-likeness (QED) is 0.579. The highest BCUT2D eigenvalue weighted by Crippen LogP contribution is 2.05. The van der Waals surface area contributed by atoms with E-state index >= 15 is 0 Å². The van der Waals surface area contributed by atoms with Crippen molar-refractivity contribution in [2.45, 2.75) is 11.8 Å². The van der Waals surface area contributed by atoms with Gasteiger partial charge in [-0.3, -0.25) is 0 Å². The van der Waals surface area contributed by atoms with Gasteiger partial charge in [0.25, 0.3) is 0 Å². The lowest BCUT2D eigenvalue weighted by Crippen LogP contribution is -2.06. The number of halogens is 1. The lowest BCUT2D eigenvalue weighted by molar-refractivity contribution is -0.132. The van der Waals surface area contributed by atoms with Crippen LogP contribution in [0.1, 0.15) is 6.92 Å². The van der Waals surface area contributed by atoms with Gasteiger partial charge in [0.05, 0.1) is 11.4 Å². The molecule has 1 N–H and O–H groups in total. The standard InChI is InChI=1S/C7H11BrO3/c1-5(7(9)10)3-6(8)4-11-2/h3,6H,4H2,1-2H3,(H,9,10). The Morgan fingerprint density at radius 1 is 1.82 bits per heavy atom. The number of carbonyl (C=O) groups is 1. The summed E-state index contributed by atoms with van der Waals surface area (Å²) in [6.07, 6.45) is 1.60. The third-order valence-electron chi connectivity index (χ3n) is 1.09. The molecule has 0 amide bonds. The van der Waals surface area contributed by atoms with Gasteiger partial charge >= 0.3 is 5.97 Å². The van der Waals surface area contributed by atoms with E-state index in [0.29, 0.717) is 12.2 Å². The highest BCUT2D eigenvalue weighted by atomic mass is 79.9. The first-order chi connectivity index (χ1) is 5.07. The van der Waals surface area contributed by atoms with Crippen molar-refractivity contribution in [1.29, 1.82) is 0 Å². The minimum absolute atomic E-state index is 0.0244. The fourth-order valence-corrected chi connectivity index (χ4v) is 1.21. The first-order valence-corrected chi connectivity index (χ1v) is 4.04. The lowest BCUT2D eigenvalue weighted by Gasteiger charge is -2.02. The van der Waals surface area contributed by atoms with Crippen molar-refractivity contribution in [1.82, 2.24) is 0 Å². The molecule has 1 atom stereocenters. The van der Waals surface area contributed by atoms with Gasteiger partial charge in [0.15, 0.2) is 0 Å². The maximum Gasteiger partial charge on any atom is 0.330 e. The van der Waals surface area contributed by atoms with Crippen molar-refractivity contribution in [2.24, 2.45) is 0 Å². The van der Waals surface area contributed by atoms with E-state index in [1.807, 2.05) is 0 Å². The molecule has 64 valence electrons. The predicted octanol–water partition coefficient (Wildman–Crippen LogP) is 1.43. The highest BCUT2D eigenvalue weighted by Gasteiger charge is 2.04. The fraction of sp³-hybridized carbons (Fsp3) is 0.571. The molecule has 0 aliphatic rings. The third kappa shape index (κ3) is 4.98. The van der Waals surface area contributed by atoms with Gasteiger partial charge in [-0.1, -0.05) is 22.0 Å².